The van der Waals surface area contributed by atoms with Gasteiger partial charge in [-0.2, -0.15) is 0 Å². The van der Waals surface area contributed by atoms with E-state index >= 15 is 0 Å². The lowest BCUT2D eigenvalue weighted by molar-refractivity contribution is -0.121. The first-order chi connectivity index (χ1) is 8.59. The molecule has 0 bridgehead atoms. The van der Waals surface area contributed by atoms with Crippen molar-refractivity contribution in [3.05, 3.63) is 29.8 Å². The Hall–Kier alpha value is -1.59. The fraction of sp³-hybridized carbons (Fsp3) is 0.462. The highest BCUT2D eigenvalue weighted by Gasteiger charge is 2.32. The quantitative estimate of drug-likeness (QED) is 0.661. The lowest BCUT2D eigenvalue weighted by atomic mass is 10.0. The molecule has 1 aromatic carbocycles. The maximum Gasteiger partial charge on any atom is 0.224 e. The van der Waals surface area contributed by atoms with Crippen LogP contribution in [0.4, 0.5) is 5.69 Å². The van der Waals surface area contributed by atoms with E-state index in [0.717, 1.165) is 5.56 Å². The van der Waals surface area contributed by atoms with Crippen LogP contribution in [0.1, 0.15) is 12.0 Å². The van der Waals surface area contributed by atoms with Crippen LogP contribution in [-0.4, -0.2) is 36.4 Å². The average molecular weight is 250 g/mol. The van der Waals surface area contributed by atoms with E-state index in [2.05, 4.69) is 5.32 Å². The van der Waals surface area contributed by atoms with Crippen LogP contribution in [0.2, 0.25) is 0 Å². The number of hydrogen-bond acceptors (Lipinski definition) is 4. The minimum absolute atomic E-state index is 0.145. The van der Waals surface area contributed by atoms with Crippen LogP contribution in [0.3, 0.4) is 0 Å². The maximum atomic E-state index is 11.7. The third kappa shape index (κ3) is 3.21. The standard InChI is InChI=1S/C13H18N2O3/c14-11-4-2-1-3-10(11)7-12(16)15-8-13(17)5-6-18-9-13/h1-4,17H,5-9,14H2,(H,15,16). The second-order valence-electron chi connectivity index (χ2n) is 4.68. The molecule has 0 radical (unpaired) electrons. The highest BCUT2D eigenvalue weighted by atomic mass is 16.5. The van der Waals surface area contributed by atoms with Gasteiger partial charge in [-0.05, 0) is 11.6 Å². The molecule has 5 heteroatoms. The van der Waals surface area contributed by atoms with Crippen molar-refractivity contribution in [1.29, 1.82) is 0 Å². The molecular formula is C13H18N2O3. The summed E-state index contributed by atoms with van der Waals surface area (Å²) >= 11 is 0. The lowest BCUT2D eigenvalue weighted by Gasteiger charge is -2.20. The number of ether oxygens (including phenoxy) is 1. The lowest BCUT2D eigenvalue weighted by Crippen LogP contribution is -2.43. The average Bonchev–Trinajstić information content (AvgIpc) is 2.77. The summed E-state index contributed by atoms with van der Waals surface area (Å²) in [5.74, 6) is -0.145. The Bertz CT molecular complexity index is 428. The zero-order valence-corrected chi connectivity index (χ0v) is 10.2. The van der Waals surface area contributed by atoms with Gasteiger partial charge in [0.05, 0.1) is 13.0 Å². The van der Waals surface area contributed by atoms with Crippen molar-refractivity contribution in [2.75, 3.05) is 25.5 Å². The Morgan fingerprint density at radius 3 is 2.94 bits per heavy atom. The van der Waals surface area contributed by atoms with Gasteiger partial charge in [-0.25, -0.2) is 0 Å². The summed E-state index contributed by atoms with van der Waals surface area (Å²) in [6, 6.07) is 7.26. The predicted molar refractivity (Wildman–Crippen MR) is 68.0 cm³/mol. The molecule has 1 fully saturated rings. The molecule has 98 valence electrons. The molecule has 1 aromatic rings. The molecule has 0 spiro atoms. The number of nitrogen functional groups attached to an aromatic ring is 1. The van der Waals surface area contributed by atoms with E-state index in [1.54, 1.807) is 6.07 Å². The molecule has 18 heavy (non-hydrogen) atoms. The third-order valence-corrected chi connectivity index (χ3v) is 3.10. The van der Waals surface area contributed by atoms with Crippen molar-refractivity contribution in [3.63, 3.8) is 0 Å². The van der Waals surface area contributed by atoms with Crippen molar-refractivity contribution in [2.24, 2.45) is 0 Å². The van der Waals surface area contributed by atoms with E-state index in [1.165, 1.54) is 0 Å². The van der Waals surface area contributed by atoms with Gasteiger partial charge in [-0.1, -0.05) is 18.2 Å². The molecule has 1 heterocycles. The summed E-state index contributed by atoms with van der Waals surface area (Å²) in [6.07, 6.45) is 0.782. The molecule has 0 aliphatic carbocycles. The van der Waals surface area contributed by atoms with Gasteiger partial charge >= 0.3 is 0 Å². The number of para-hydroxylation sites is 1. The molecule has 1 atom stereocenters. The van der Waals surface area contributed by atoms with Gasteiger partial charge in [0.25, 0.3) is 0 Å². The van der Waals surface area contributed by atoms with Crippen LogP contribution < -0.4 is 11.1 Å². The SMILES string of the molecule is Nc1ccccc1CC(=O)NCC1(O)CCOC1. The molecule has 5 nitrogen and oxygen atoms in total. The van der Waals surface area contributed by atoms with E-state index < -0.39 is 5.60 Å². The molecule has 1 unspecified atom stereocenters. The Kier molecular flexibility index (Phi) is 3.84. The van der Waals surface area contributed by atoms with E-state index in [4.69, 9.17) is 10.5 Å². The van der Waals surface area contributed by atoms with Gasteiger partial charge in [0.1, 0.15) is 5.60 Å². The largest absolute Gasteiger partial charge is 0.398 e. The highest BCUT2D eigenvalue weighted by Crippen LogP contribution is 2.17. The normalized spacial score (nSPS) is 22.9. The number of amides is 1. The minimum Gasteiger partial charge on any atom is -0.398 e. The summed E-state index contributed by atoms with van der Waals surface area (Å²) in [7, 11) is 0. The summed E-state index contributed by atoms with van der Waals surface area (Å²) in [4.78, 5) is 11.7. The maximum absolute atomic E-state index is 11.7. The van der Waals surface area contributed by atoms with Gasteiger partial charge < -0.3 is 20.9 Å². The van der Waals surface area contributed by atoms with Crippen LogP contribution >= 0.6 is 0 Å². The number of nitrogens with one attached hydrogen (secondary N) is 1. The zero-order valence-electron chi connectivity index (χ0n) is 10.2. The number of carbonyl (C=O) groups excluding carboxylic acids is 1. The van der Waals surface area contributed by atoms with E-state index in [-0.39, 0.29) is 25.5 Å². The Labute approximate surface area is 106 Å². The van der Waals surface area contributed by atoms with Crippen LogP contribution in [0.5, 0.6) is 0 Å². The number of benzene rings is 1. The van der Waals surface area contributed by atoms with Crippen LogP contribution in [0.25, 0.3) is 0 Å². The number of anilines is 1. The van der Waals surface area contributed by atoms with Gasteiger partial charge in [0, 0.05) is 25.3 Å². The first-order valence-corrected chi connectivity index (χ1v) is 5.99. The summed E-state index contributed by atoms with van der Waals surface area (Å²) < 4.78 is 5.11. The summed E-state index contributed by atoms with van der Waals surface area (Å²) in [5, 5.41) is 12.7. The molecule has 1 aliphatic rings. The second-order valence-corrected chi connectivity index (χ2v) is 4.68. The summed E-state index contributed by atoms with van der Waals surface area (Å²) in [6.45, 7) is 1.04. The fourth-order valence-electron chi connectivity index (χ4n) is 1.93. The van der Waals surface area contributed by atoms with E-state index in [0.29, 0.717) is 18.7 Å². The number of hydrogen-bond donors (Lipinski definition) is 3. The number of rotatable bonds is 4. The van der Waals surface area contributed by atoms with Crippen LogP contribution in [0, 0.1) is 0 Å². The number of aliphatic hydroxyl groups is 1. The molecule has 1 saturated heterocycles. The van der Waals surface area contributed by atoms with Gasteiger partial charge in [-0.3, -0.25) is 4.79 Å². The van der Waals surface area contributed by atoms with Gasteiger partial charge in [0.15, 0.2) is 0 Å². The van der Waals surface area contributed by atoms with Gasteiger partial charge in [-0.15, -0.1) is 0 Å². The topological polar surface area (TPSA) is 84.6 Å². The second kappa shape index (κ2) is 5.37. The fourth-order valence-corrected chi connectivity index (χ4v) is 1.93. The van der Waals surface area contributed by atoms with Crippen molar-refractivity contribution >= 4 is 11.6 Å². The monoisotopic (exact) mass is 250 g/mol. The molecule has 4 N–H and O–H groups in total. The molecule has 0 saturated carbocycles. The first kappa shape index (κ1) is 12.9. The summed E-state index contributed by atoms with van der Waals surface area (Å²) in [5.41, 5.74) is 6.25. The van der Waals surface area contributed by atoms with Crippen molar-refractivity contribution in [3.8, 4) is 0 Å². The third-order valence-electron chi connectivity index (χ3n) is 3.10. The van der Waals surface area contributed by atoms with Crippen molar-refractivity contribution in [1.82, 2.24) is 5.32 Å². The smallest absolute Gasteiger partial charge is 0.224 e. The van der Waals surface area contributed by atoms with Crippen molar-refractivity contribution < 1.29 is 14.6 Å². The van der Waals surface area contributed by atoms with Gasteiger partial charge in [0.2, 0.25) is 5.91 Å². The predicted octanol–water partition coefficient (Wildman–Crippen LogP) is 0.0789. The molecule has 0 aromatic heterocycles. The van der Waals surface area contributed by atoms with Crippen LogP contribution in [-0.2, 0) is 16.0 Å². The van der Waals surface area contributed by atoms with Crippen molar-refractivity contribution in [2.45, 2.75) is 18.4 Å². The van der Waals surface area contributed by atoms with E-state index in [9.17, 15) is 9.90 Å². The Balaban J connectivity index is 1.84. The number of carbonyl (C=O) groups is 1. The zero-order chi connectivity index (χ0) is 13.0. The Morgan fingerprint density at radius 1 is 1.50 bits per heavy atom. The molecular weight excluding hydrogens is 232 g/mol. The highest BCUT2D eigenvalue weighted by molar-refractivity contribution is 5.80. The minimum atomic E-state index is -0.919. The van der Waals surface area contributed by atoms with Crippen LogP contribution in [0.15, 0.2) is 24.3 Å². The molecule has 1 aliphatic heterocycles. The number of nitrogens with two attached hydrogens (primary N) is 1. The molecule has 1 amide bonds. The Morgan fingerprint density at radius 2 is 2.28 bits per heavy atom. The first-order valence-electron chi connectivity index (χ1n) is 5.99. The van der Waals surface area contributed by atoms with E-state index in [1.807, 2.05) is 18.2 Å². The molecule has 2 rings (SSSR count).